The van der Waals surface area contributed by atoms with Gasteiger partial charge in [0.25, 0.3) is 5.56 Å². The lowest BCUT2D eigenvalue weighted by atomic mass is 10.4. The molecule has 0 radical (unpaired) electrons. The summed E-state index contributed by atoms with van der Waals surface area (Å²) in [5, 5.41) is 6.36. The first kappa shape index (κ1) is 11.1. The van der Waals surface area contributed by atoms with Crippen molar-refractivity contribution in [2.75, 3.05) is 25.0 Å². The fourth-order valence-electron chi connectivity index (χ4n) is 1.57. The lowest BCUT2D eigenvalue weighted by molar-refractivity contribution is 0.736. The molecule has 1 aliphatic rings. The van der Waals surface area contributed by atoms with E-state index in [2.05, 4.69) is 27.5 Å². The van der Waals surface area contributed by atoms with Gasteiger partial charge in [-0.25, -0.2) is 4.98 Å². The Kier molecular flexibility index (Phi) is 3.56. The van der Waals surface area contributed by atoms with Crippen LogP contribution in [0.1, 0.15) is 31.5 Å². The summed E-state index contributed by atoms with van der Waals surface area (Å²) in [5.41, 5.74) is -0.0668. The molecule has 16 heavy (non-hydrogen) atoms. The van der Waals surface area contributed by atoms with Crippen LogP contribution in [-0.4, -0.2) is 29.6 Å². The molecule has 1 fully saturated rings. The van der Waals surface area contributed by atoms with Crippen LogP contribution < -0.4 is 16.2 Å². The number of aromatic amines is 1. The van der Waals surface area contributed by atoms with E-state index in [9.17, 15) is 4.79 Å². The molecule has 0 aliphatic heterocycles. The van der Waals surface area contributed by atoms with Gasteiger partial charge < -0.3 is 15.6 Å². The minimum atomic E-state index is -0.0668. The Morgan fingerprint density at radius 3 is 3.00 bits per heavy atom. The highest BCUT2D eigenvalue weighted by Gasteiger charge is 2.26. The Morgan fingerprint density at radius 2 is 2.31 bits per heavy atom. The van der Waals surface area contributed by atoms with E-state index in [1.54, 1.807) is 0 Å². The highest BCUT2D eigenvalue weighted by atomic mass is 16.1. The van der Waals surface area contributed by atoms with Gasteiger partial charge in [0.15, 0.2) is 0 Å². The molecule has 0 atom stereocenters. The molecule has 0 bridgehead atoms. The molecular weight excluding hydrogens is 204 g/mol. The van der Waals surface area contributed by atoms with Crippen LogP contribution >= 0.6 is 0 Å². The molecular formula is C11H18N4O. The molecule has 3 N–H and O–H groups in total. The summed E-state index contributed by atoms with van der Waals surface area (Å²) >= 11 is 0. The number of hydrogen-bond donors (Lipinski definition) is 3. The van der Waals surface area contributed by atoms with Gasteiger partial charge in [-0.1, -0.05) is 6.92 Å². The SMILES string of the molecule is CCNCCNc1cc(=O)[nH]c(C2CC2)n1. The maximum absolute atomic E-state index is 11.4. The van der Waals surface area contributed by atoms with E-state index in [1.165, 1.54) is 6.07 Å². The lowest BCUT2D eigenvalue weighted by Crippen LogP contribution is -2.23. The van der Waals surface area contributed by atoms with Crippen LogP contribution in [0, 0.1) is 0 Å². The van der Waals surface area contributed by atoms with Crippen LogP contribution in [-0.2, 0) is 0 Å². The Labute approximate surface area is 94.7 Å². The largest absolute Gasteiger partial charge is 0.369 e. The Hall–Kier alpha value is -1.36. The van der Waals surface area contributed by atoms with E-state index in [0.29, 0.717) is 11.7 Å². The lowest BCUT2D eigenvalue weighted by Gasteiger charge is -2.06. The van der Waals surface area contributed by atoms with E-state index in [0.717, 1.165) is 38.3 Å². The molecule has 5 heteroatoms. The molecule has 2 rings (SSSR count). The van der Waals surface area contributed by atoms with Gasteiger partial charge >= 0.3 is 0 Å². The normalized spacial score (nSPS) is 15.1. The van der Waals surface area contributed by atoms with Crippen molar-refractivity contribution in [1.82, 2.24) is 15.3 Å². The summed E-state index contributed by atoms with van der Waals surface area (Å²) in [5.74, 6) is 1.99. The van der Waals surface area contributed by atoms with Gasteiger partial charge in [0.1, 0.15) is 11.6 Å². The van der Waals surface area contributed by atoms with E-state index < -0.39 is 0 Å². The van der Waals surface area contributed by atoms with Gasteiger partial charge in [-0.2, -0.15) is 0 Å². The first-order valence-electron chi connectivity index (χ1n) is 5.85. The molecule has 0 saturated heterocycles. The average molecular weight is 222 g/mol. The van der Waals surface area contributed by atoms with Crippen molar-refractivity contribution in [3.8, 4) is 0 Å². The third-order valence-electron chi connectivity index (χ3n) is 2.58. The highest BCUT2D eigenvalue weighted by molar-refractivity contribution is 5.33. The summed E-state index contributed by atoms with van der Waals surface area (Å²) in [6.45, 7) is 4.69. The van der Waals surface area contributed by atoms with E-state index in [1.807, 2.05) is 0 Å². The third-order valence-corrected chi connectivity index (χ3v) is 2.58. The molecule has 0 unspecified atom stereocenters. The van der Waals surface area contributed by atoms with Crippen LogP contribution in [0.2, 0.25) is 0 Å². The van der Waals surface area contributed by atoms with Crippen molar-refractivity contribution in [3.63, 3.8) is 0 Å². The first-order chi connectivity index (χ1) is 7.79. The summed E-state index contributed by atoms with van der Waals surface area (Å²) in [4.78, 5) is 18.6. The number of aromatic nitrogens is 2. The summed E-state index contributed by atoms with van der Waals surface area (Å²) in [6.07, 6.45) is 2.29. The van der Waals surface area contributed by atoms with Crippen molar-refractivity contribution < 1.29 is 0 Å². The molecule has 88 valence electrons. The topological polar surface area (TPSA) is 69.8 Å². The van der Waals surface area contributed by atoms with Crippen molar-refractivity contribution in [3.05, 3.63) is 22.2 Å². The molecule has 1 aromatic heterocycles. The van der Waals surface area contributed by atoms with Gasteiger partial charge in [-0.15, -0.1) is 0 Å². The molecule has 1 aromatic rings. The number of rotatable bonds is 6. The molecule has 5 nitrogen and oxygen atoms in total. The molecule has 1 heterocycles. The van der Waals surface area contributed by atoms with Gasteiger partial charge in [0, 0.05) is 25.1 Å². The smallest absolute Gasteiger partial charge is 0.252 e. The fourth-order valence-corrected chi connectivity index (χ4v) is 1.57. The number of H-pyrrole nitrogens is 1. The van der Waals surface area contributed by atoms with Crippen molar-refractivity contribution in [1.29, 1.82) is 0 Å². The predicted molar refractivity (Wildman–Crippen MR) is 63.9 cm³/mol. The van der Waals surface area contributed by atoms with Crippen LogP contribution in [0.5, 0.6) is 0 Å². The number of nitrogens with zero attached hydrogens (tertiary/aromatic N) is 1. The number of anilines is 1. The Balaban J connectivity index is 1.94. The second-order valence-corrected chi connectivity index (χ2v) is 4.07. The zero-order chi connectivity index (χ0) is 11.4. The van der Waals surface area contributed by atoms with E-state index >= 15 is 0 Å². The van der Waals surface area contributed by atoms with E-state index in [-0.39, 0.29) is 5.56 Å². The average Bonchev–Trinajstić information content (AvgIpc) is 3.07. The molecule has 0 spiro atoms. The zero-order valence-corrected chi connectivity index (χ0v) is 9.55. The summed E-state index contributed by atoms with van der Waals surface area (Å²) in [6, 6.07) is 1.51. The fraction of sp³-hybridized carbons (Fsp3) is 0.636. The zero-order valence-electron chi connectivity index (χ0n) is 9.55. The summed E-state index contributed by atoms with van der Waals surface area (Å²) in [7, 11) is 0. The monoisotopic (exact) mass is 222 g/mol. The highest BCUT2D eigenvalue weighted by Crippen LogP contribution is 2.37. The van der Waals surface area contributed by atoms with Gasteiger partial charge in [-0.3, -0.25) is 4.79 Å². The van der Waals surface area contributed by atoms with E-state index in [4.69, 9.17) is 0 Å². The van der Waals surface area contributed by atoms with Crippen LogP contribution in [0.4, 0.5) is 5.82 Å². The maximum atomic E-state index is 11.4. The van der Waals surface area contributed by atoms with Crippen LogP contribution in [0.25, 0.3) is 0 Å². The second kappa shape index (κ2) is 5.12. The Morgan fingerprint density at radius 1 is 1.50 bits per heavy atom. The molecule has 1 aliphatic carbocycles. The molecule has 1 saturated carbocycles. The number of nitrogens with one attached hydrogen (secondary N) is 3. The number of likely N-dealkylation sites (N-methyl/N-ethyl adjacent to an activating group) is 1. The first-order valence-corrected chi connectivity index (χ1v) is 5.85. The van der Waals surface area contributed by atoms with Crippen LogP contribution in [0.15, 0.2) is 10.9 Å². The Bertz CT molecular complexity index is 397. The quantitative estimate of drug-likeness (QED) is 0.619. The molecule has 0 aromatic carbocycles. The van der Waals surface area contributed by atoms with Crippen molar-refractivity contribution >= 4 is 5.82 Å². The maximum Gasteiger partial charge on any atom is 0.252 e. The van der Waals surface area contributed by atoms with Gasteiger partial charge in [0.2, 0.25) is 0 Å². The third kappa shape index (κ3) is 3.06. The summed E-state index contributed by atoms with van der Waals surface area (Å²) < 4.78 is 0. The van der Waals surface area contributed by atoms with Crippen LogP contribution in [0.3, 0.4) is 0 Å². The van der Waals surface area contributed by atoms with Gasteiger partial charge in [0.05, 0.1) is 0 Å². The minimum Gasteiger partial charge on any atom is -0.369 e. The molecule has 0 amide bonds. The number of hydrogen-bond acceptors (Lipinski definition) is 4. The predicted octanol–water partition coefficient (Wildman–Crippen LogP) is 0.669. The van der Waals surface area contributed by atoms with Crippen molar-refractivity contribution in [2.24, 2.45) is 0 Å². The second-order valence-electron chi connectivity index (χ2n) is 4.07. The van der Waals surface area contributed by atoms with Crippen molar-refractivity contribution in [2.45, 2.75) is 25.7 Å². The standard InChI is InChI=1S/C11H18N4O/c1-2-12-5-6-13-9-7-10(16)15-11(14-9)8-3-4-8/h7-8,12H,2-6H2,1H3,(H2,13,14,15,16). The minimum absolute atomic E-state index is 0.0668. The van der Waals surface area contributed by atoms with Gasteiger partial charge in [-0.05, 0) is 19.4 Å².